The molecule has 0 radical (unpaired) electrons. The Morgan fingerprint density at radius 3 is 2.27 bits per heavy atom. The third-order valence-corrected chi connectivity index (χ3v) is 2.57. The van der Waals surface area contributed by atoms with Crippen LogP contribution < -0.4 is 0 Å². The monoisotopic (exact) mass is 174 g/mol. The fraction of sp³-hybridized carbons (Fsp3) is 0.500. The Kier molecular flexibility index (Phi) is 1.75. The average Bonchev–Trinajstić information content (AvgIpc) is 2.08. The summed E-state index contributed by atoms with van der Waals surface area (Å²) in [7, 11) is -1.40. The first-order valence-electron chi connectivity index (χ1n) is 3.11. The van der Waals surface area contributed by atoms with E-state index in [4.69, 9.17) is 0 Å². The quantitative estimate of drug-likeness (QED) is 0.608. The van der Waals surface area contributed by atoms with E-state index in [0.29, 0.717) is 10.6 Å². The fourth-order valence-electron chi connectivity index (χ4n) is 0.942. The molecule has 11 heavy (non-hydrogen) atoms. The van der Waals surface area contributed by atoms with Crippen molar-refractivity contribution >= 4 is 9.84 Å². The molecule has 0 aromatic carbocycles. The van der Waals surface area contributed by atoms with Gasteiger partial charge in [-0.1, -0.05) is 0 Å². The summed E-state index contributed by atoms with van der Waals surface area (Å²) < 4.78 is 23.5. The summed E-state index contributed by atoms with van der Waals surface area (Å²) in [6, 6.07) is 0. The summed E-state index contributed by atoms with van der Waals surface area (Å²) in [5, 5.41) is 3.92. The summed E-state index contributed by atoms with van der Waals surface area (Å²) in [4.78, 5) is 0.306. The summed E-state index contributed by atoms with van der Waals surface area (Å²) >= 11 is 0. The van der Waals surface area contributed by atoms with Gasteiger partial charge in [0.15, 0.2) is 9.84 Å². The maximum absolute atomic E-state index is 11.0. The van der Waals surface area contributed by atoms with Crippen LogP contribution in [0.5, 0.6) is 0 Å². The Morgan fingerprint density at radius 1 is 1.55 bits per heavy atom. The fourth-order valence-corrected chi connectivity index (χ4v) is 1.86. The summed E-state index contributed by atoms with van der Waals surface area (Å²) in [6.07, 6.45) is 2.68. The highest BCUT2D eigenvalue weighted by molar-refractivity contribution is 7.90. The van der Waals surface area contributed by atoms with Gasteiger partial charge in [0.05, 0.1) is 5.69 Å². The third-order valence-electron chi connectivity index (χ3n) is 1.37. The molecule has 0 amide bonds. The molecule has 0 saturated carbocycles. The van der Waals surface area contributed by atoms with Crippen molar-refractivity contribution in [3.05, 3.63) is 11.9 Å². The second-order valence-electron chi connectivity index (χ2n) is 2.52. The van der Waals surface area contributed by atoms with Gasteiger partial charge in [-0.3, -0.25) is 4.68 Å². The van der Waals surface area contributed by atoms with Crippen molar-refractivity contribution in [1.29, 1.82) is 0 Å². The van der Waals surface area contributed by atoms with Gasteiger partial charge < -0.3 is 0 Å². The number of hydrogen-bond acceptors (Lipinski definition) is 3. The van der Waals surface area contributed by atoms with E-state index < -0.39 is 9.84 Å². The molecule has 5 heteroatoms. The van der Waals surface area contributed by atoms with Crippen LogP contribution in [-0.4, -0.2) is 24.5 Å². The van der Waals surface area contributed by atoms with E-state index in [-0.39, 0.29) is 0 Å². The van der Waals surface area contributed by atoms with E-state index >= 15 is 0 Å². The van der Waals surface area contributed by atoms with Crippen molar-refractivity contribution in [3.63, 3.8) is 0 Å². The Hall–Kier alpha value is -0.840. The number of sulfone groups is 1. The predicted octanol–water partition coefficient (Wildman–Crippen LogP) is 0.132. The third kappa shape index (κ3) is 1.59. The van der Waals surface area contributed by atoms with Gasteiger partial charge >= 0.3 is 0 Å². The molecule has 0 aliphatic heterocycles. The normalized spacial score (nSPS) is 11.9. The van der Waals surface area contributed by atoms with Crippen molar-refractivity contribution < 1.29 is 8.42 Å². The topological polar surface area (TPSA) is 52.0 Å². The van der Waals surface area contributed by atoms with Crippen LogP contribution in [0.4, 0.5) is 0 Å². The van der Waals surface area contributed by atoms with Gasteiger partial charge in [0, 0.05) is 19.5 Å². The standard InChI is InChI=1S/C6H10N2O2S/c1-5-6(11(3,9)10)4-8(2)7-5/h4H,1-3H3. The first-order chi connectivity index (χ1) is 4.91. The molecule has 1 aromatic heterocycles. The second kappa shape index (κ2) is 2.34. The van der Waals surface area contributed by atoms with Crippen molar-refractivity contribution in [2.45, 2.75) is 11.8 Å². The summed E-state index contributed by atoms with van der Waals surface area (Å²) in [6.45, 7) is 1.68. The van der Waals surface area contributed by atoms with Crippen LogP contribution in [0.2, 0.25) is 0 Å². The predicted molar refractivity (Wildman–Crippen MR) is 41.1 cm³/mol. The molecule has 1 rings (SSSR count). The van der Waals surface area contributed by atoms with E-state index in [2.05, 4.69) is 5.10 Å². The zero-order chi connectivity index (χ0) is 8.65. The van der Waals surface area contributed by atoms with E-state index in [9.17, 15) is 8.42 Å². The van der Waals surface area contributed by atoms with Crippen LogP contribution >= 0.6 is 0 Å². The minimum Gasteiger partial charge on any atom is -0.274 e. The molecular formula is C6H10N2O2S. The molecule has 0 N–H and O–H groups in total. The number of nitrogens with zero attached hydrogens (tertiary/aromatic N) is 2. The number of hydrogen-bond donors (Lipinski definition) is 0. The summed E-state index contributed by atoms with van der Waals surface area (Å²) in [5.41, 5.74) is 0.551. The second-order valence-corrected chi connectivity index (χ2v) is 4.51. The van der Waals surface area contributed by atoms with Crippen LogP contribution in [0.15, 0.2) is 11.1 Å². The Bertz CT molecular complexity index is 364. The highest BCUT2D eigenvalue weighted by Gasteiger charge is 2.13. The highest BCUT2D eigenvalue weighted by Crippen LogP contribution is 2.11. The molecule has 0 unspecified atom stereocenters. The zero-order valence-electron chi connectivity index (χ0n) is 6.70. The van der Waals surface area contributed by atoms with Gasteiger partial charge in [-0.15, -0.1) is 0 Å². The lowest BCUT2D eigenvalue weighted by Gasteiger charge is -1.90. The van der Waals surface area contributed by atoms with Crippen molar-refractivity contribution in [3.8, 4) is 0 Å². The molecule has 62 valence electrons. The first-order valence-corrected chi connectivity index (χ1v) is 5.00. The van der Waals surface area contributed by atoms with Crippen LogP contribution in [-0.2, 0) is 16.9 Å². The molecule has 0 saturated heterocycles. The average molecular weight is 174 g/mol. The number of aryl methyl sites for hydroxylation is 2. The molecule has 0 spiro atoms. The smallest absolute Gasteiger partial charge is 0.178 e. The lowest BCUT2D eigenvalue weighted by atomic mass is 10.5. The van der Waals surface area contributed by atoms with E-state index in [1.807, 2.05) is 0 Å². The van der Waals surface area contributed by atoms with Gasteiger partial charge in [0.1, 0.15) is 4.90 Å². The molecule has 0 bridgehead atoms. The number of rotatable bonds is 1. The molecule has 1 heterocycles. The zero-order valence-corrected chi connectivity index (χ0v) is 7.51. The lowest BCUT2D eigenvalue weighted by Crippen LogP contribution is -1.96. The molecule has 0 aliphatic carbocycles. The van der Waals surface area contributed by atoms with Gasteiger partial charge in [0.25, 0.3) is 0 Å². The number of aromatic nitrogens is 2. The Morgan fingerprint density at radius 2 is 2.09 bits per heavy atom. The highest BCUT2D eigenvalue weighted by atomic mass is 32.2. The molecule has 0 aliphatic rings. The van der Waals surface area contributed by atoms with Gasteiger partial charge in [-0.2, -0.15) is 5.10 Å². The van der Waals surface area contributed by atoms with E-state index in [1.165, 1.54) is 17.1 Å². The molecule has 0 atom stereocenters. The van der Waals surface area contributed by atoms with Crippen molar-refractivity contribution in [1.82, 2.24) is 9.78 Å². The molecular weight excluding hydrogens is 164 g/mol. The van der Waals surface area contributed by atoms with Crippen molar-refractivity contribution in [2.24, 2.45) is 7.05 Å². The SMILES string of the molecule is Cc1nn(C)cc1S(C)(=O)=O. The molecule has 4 nitrogen and oxygen atoms in total. The minimum atomic E-state index is -3.10. The van der Waals surface area contributed by atoms with Crippen molar-refractivity contribution in [2.75, 3.05) is 6.26 Å². The van der Waals surface area contributed by atoms with Gasteiger partial charge in [-0.25, -0.2) is 8.42 Å². The van der Waals surface area contributed by atoms with Gasteiger partial charge in [0.2, 0.25) is 0 Å². The van der Waals surface area contributed by atoms with Gasteiger partial charge in [-0.05, 0) is 6.92 Å². The van der Waals surface area contributed by atoms with Crippen LogP contribution in [0, 0.1) is 6.92 Å². The first kappa shape index (κ1) is 8.26. The van der Waals surface area contributed by atoms with Crippen LogP contribution in [0.25, 0.3) is 0 Å². The summed E-state index contributed by atoms with van der Waals surface area (Å²) in [5.74, 6) is 0. The molecule has 1 aromatic rings. The maximum Gasteiger partial charge on any atom is 0.178 e. The largest absolute Gasteiger partial charge is 0.274 e. The Labute approximate surface area is 65.8 Å². The molecule has 0 fully saturated rings. The van der Waals surface area contributed by atoms with E-state index in [0.717, 1.165) is 0 Å². The Balaban J connectivity index is 3.36. The maximum atomic E-state index is 11.0. The lowest BCUT2D eigenvalue weighted by molar-refractivity contribution is 0.601. The minimum absolute atomic E-state index is 0.306. The van der Waals surface area contributed by atoms with Crippen LogP contribution in [0.3, 0.4) is 0 Å². The van der Waals surface area contributed by atoms with E-state index in [1.54, 1.807) is 14.0 Å². The van der Waals surface area contributed by atoms with Crippen LogP contribution in [0.1, 0.15) is 5.69 Å².